The predicted molar refractivity (Wildman–Crippen MR) is 94.4 cm³/mol. The van der Waals surface area contributed by atoms with Gasteiger partial charge in [0.1, 0.15) is 5.82 Å². The van der Waals surface area contributed by atoms with E-state index in [4.69, 9.17) is 5.11 Å². The van der Waals surface area contributed by atoms with Gasteiger partial charge < -0.3 is 14.9 Å². The fourth-order valence-corrected chi connectivity index (χ4v) is 3.56. The van der Waals surface area contributed by atoms with Crippen molar-refractivity contribution in [1.29, 1.82) is 0 Å². The first-order chi connectivity index (χ1) is 12.1. The molecular formula is C18H26N4O3. The average Bonchev–Trinajstić information content (AvgIpc) is 2.67. The van der Waals surface area contributed by atoms with E-state index in [1.807, 2.05) is 24.4 Å². The van der Waals surface area contributed by atoms with Crippen LogP contribution in [0.1, 0.15) is 19.3 Å². The number of carbonyl (C=O) groups is 2. The average molecular weight is 346 g/mol. The lowest BCUT2D eigenvalue weighted by Gasteiger charge is -2.36. The van der Waals surface area contributed by atoms with Crippen molar-refractivity contribution in [3.05, 3.63) is 24.4 Å². The van der Waals surface area contributed by atoms with E-state index in [0.29, 0.717) is 25.9 Å². The van der Waals surface area contributed by atoms with Gasteiger partial charge in [0.05, 0.1) is 5.92 Å². The van der Waals surface area contributed by atoms with Gasteiger partial charge in [0.2, 0.25) is 5.91 Å². The van der Waals surface area contributed by atoms with E-state index in [0.717, 1.165) is 45.0 Å². The summed E-state index contributed by atoms with van der Waals surface area (Å²) >= 11 is 0. The van der Waals surface area contributed by atoms with Crippen LogP contribution in [0.5, 0.6) is 0 Å². The van der Waals surface area contributed by atoms with E-state index in [-0.39, 0.29) is 5.91 Å². The summed E-state index contributed by atoms with van der Waals surface area (Å²) in [5.74, 6) is -0.105. The summed E-state index contributed by atoms with van der Waals surface area (Å²) in [6, 6.07) is 5.94. The second-order valence-electron chi connectivity index (χ2n) is 6.78. The second-order valence-corrected chi connectivity index (χ2v) is 6.78. The third-order valence-electron chi connectivity index (χ3n) is 5.11. The summed E-state index contributed by atoms with van der Waals surface area (Å²) in [7, 11) is 0. The summed E-state index contributed by atoms with van der Waals surface area (Å²) in [5.41, 5.74) is 0. The summed E-state index contributed by atoms with van der Waals surface area (Å²) in [6.07, 6.45) is 3.74. The maximum atomic E-state index is 12.4. The lowest BCUT2D eigenvalue weighted by Crippen LogP contribution is -2.48. The molecule has 2 saturated heterocycles. The summed E-state index contributed by atoms with van der Waals surface area (Å²) in [5, 5.41) is 9.13. The number of piperidine rings is 1. The zero-order valence-corrected chi connectivity index (χ0v) is 14.5. The molecule has 25 heavy (non-hydrogen) atoms. The molecule has 2 aliphatic rings. The zero-order chi connectivity index (χ0) is 17.6. The van der Waals surface area contributed by atoms with Crippen molar-refractivity contribution < 1.29 is 14.7 Å². The molecule has 1 atom stereocenters. The molecule has 3 rings (SSSR count). The highest BCUT2D eigenvalue weighted by Gasteiger charge is 2.28. The Kier molecular flexibility index (Phi) is 5.86. The first-order valence-corrected chi connectivity index (χ1v) is 9.02. The SMILES string of the molecule is O=C(O)C1CCCN(C(=O)CCN2CCN(c3ccccn3)CC2)C1. The minimum atomic E-state index is -0.789. The molecule has 0 bridgehead atoms. The minimum Gasteiger partial charge on any atom is -0.481 e. The highest BCUT2D eigenvalue weighted by Crippen LogP contribution is 2.18. The van der Waals surface area contributed by atoms with Crippen LogP contribution in [0.2, 0.25) is 0 Å². The molecule has 1 N–H and O–H groups in total. The molecule has 0 aliphatic carbocycles. The Labute approximate surface area is 148 Å². The largest absolute Gasteiger partial charge is 0.481 e. The van der Waals surface area contributed by atoms with E-state index < -0.39 is 11.9 Å². The molecule has 0 spiro atoms. The summed E-state index contributed by atoms with van der Waals surface area (Å²) in [6.45, 7) is 5.45. The van der Waals surface area contributed by atoms with Gasteiger partial charge in [0.15, 0.2) is 0 Å². The molecule has 1 aromatic heterocycles. The van der Waals surface area contributed by atoms with Crippen LogP contribution in [0.25, 0.3) is 0 Å². The summed E-state index contributed by atoms with van der Waals surface area (Å²) in [4.78, 5) is 34.2. The molecule has 1 unspecified atom stereocenters. The monoisotopic (exact) mass is 346 g/mol. The van der Waals surface area contributed by atoms with Crippen LogP contribution in [0.15, 0.2) is 24.4 Å². The molecule has 7 nitrogen and oxygen atoms in total. The first kappa shape index (κ1) is 17.7. The Morgan fingerprint density at radius 1 is 1.16 bits per heavy atom. The standard InChI is InChI=1S/C18H26N4O3/c23-17(22-8-3-4-15(14-22)18(24)25)6-9-20-10-12-21(13-11-20)16-5-1-2-7-19-16/h1-2,5,7,15H,3-4,6,8-14H2,(H,24,25). The van der Waals surface area contributed by atoms with Crippen LogP contribution in [0.4, 0.5) is 5.82 Å². The number of aromatic nitrogens is 1. The normalized spacial score (nSPS) is 22.0. The highest BCUT2D eigenvalue weighted by molar-refractivity contribution is 5.78. The Bertz CT molecular complexity index is 587. The number of pyridine rings is 1. The van der Waals surface area contributed by atoms with Crippen molar-refractivity contribution in [2.45, 2.75) is 19.3 Å². The van der Waals surface area contributed by atoms with Crippen molar-refractivity contribution in [3.8, 4) is 0 Å². The molecule has 0 saturated carbocycles. The van der Waals surface area contributed by atoms with Crippen molar-refractivity contribution in [3.63, 3.8) is 0 Å². The molecule has 1 aromatic rings. The fourth-order valence-electron chi connectivity index (χ4n) is 3.56. The van der Waals surface area contributed by atoms with Crippen molar-refractivity contribution in [1.82, 2.24) is 14.8 Å². The van der Waals surface area contributed by atoms with Crippen LogP contribution in [0.3, 0.4) is 0 Å². The van der Waals surface area contributed by atoms with E-state index in [1.165, 1.54) is 0 Å². The van der Waals surface area contributed by atoms with Crippen LogP contribution in [-0.2, 0) is 9.59 Å². The van der Waals surface area contributed by atoms with Gasteiger partial charge in [-0.3, -0.25) is 14.5 Å². The number of amides is 1. The lowest BCUT2D eigenvalue weighted by atomic mass is 9.98. The third kappa shape index (κ3) is 4.69. The van der Waals surface area contributed by atoms with Gasteiger partial charge >= 0.3 is 5.97 Å². The van der Waals surface area contributed by atoms with E-state index in [9.17, 15) is 9.59 Å². The predicted octanol–water partition coefficient (Wildman–Crippen LogP) is 0.917. The second kappa shape index (κ2) is 8.29. The molecule has 3 heterocycles. The highest BCUT2D eigenvalue weighted by atomic mass is 16.4. The van der Waals surface area contributed by atoms with Gasteiger partial charge in [-0.15, -0.1) is 0 Å². The van der Waals surface area contributed by atoms with Gasteiger partial charge in [-0.2, -0.15) is 0 Å². The van der Waals surface area contributed by atoms with Gasteiger partial charge in [-0.25, -0.2) is 4.98 Å². The van der Waals surface area contributed by atoms with Crippen molar-refractivity contribution in [2.24, 2.45) is 5.92 Å². The Balaban J connectivity index is 1.41. The number of piperazine rings is 1. The molecule has 7 heteroatoms. The third-order valence-corrected chi connectivity index (χ3v) is 5.11. The van der Waals surface area contributed by atoms with E-state index in [2.05, 4.69) is 14.8 Å². The number of aliphatic carboxylic acids is 1. The molecule has 136 valence electrons. The molecule has 2 aliphatic heterocycles. The van der Waals surface area contributed by atoms with Gasteiger partial charge in [-0.05, 0) is 25.0 Å². The number of hydrogen-bond acceptors (Lipinski definition) is 5. The van der Waals surface area contributed by atoms with E-state index >= 15 is 0 Å². The molecule has 2 fully saturated rings. The van der Waals surface area contributed by atoms with Crippen molar-refractivity contribution in [2.75, 3.05) is 50.7 Å². The number of carbonyl (C=O) groups excluding carboxylic acids is 1. The molecule has 1 amide bonds. The molecular weight excluding hydrogens is 320 g/mol. The number of nitrogens with zero attached hydrogens (tertiary/aromatic N) is 4. The van der Waals surface area contributed by atoms with Gasteiger partial charge in [0, 0.05) is 58.4 Å². The topological polar surface area (TPSA) is 77.0 Å². The first-order valence-electron chi connectivity index (χ1n) is 9.02. The zero-order valence-electron chi connectivity index (χ0n) is 14.5. The van der Waals surface area contributed by atoms with Crippen LogP contribution in [0, 0.1) is 5.92 Å². The number of carboxylic acids is 1. The van der Waals surface area contributed by atoms with Gasteiger partial charge in [0.25, 0.3) is 0 Å². The summed E-state index contributed by atoms with van der Waals surface area (Å²) < 4.78 is 0. The number of rotatable bonds is 5. The number of carboxylic acid groups (broad SMARTS) is 1. The van der Waals surface area contributed by atoms with E-state index in [1.54, 1.807) is 4.90 Å². The maximum absolute atomic E-state index is 12.4. The van der Waals surface area contributed by atoms with Crippen LogP contribution >= 0.6 is 0 Å². The smallest absolute Gasteiger partial charge is 0.308 e. The Morgan fingerprint density at radius 2 is 1.96 bits per heavy atom. The van der Waals surface area contributed by atoms with Gasteiger partial charge in [-0.1, -0.05) is 6.07 Å². The number of hydrogen-bond donors (Lipinski definition) is 1. The maximum Gasteiger partial charge on any atom is 0.308 e. The quantitative estimate of drug-likeness (QED) is 0.854. The van der Waals surface area contributed by atoms with Crippen molar-refractivity contribution >= 4 is 17.7 Å². The minimum absolute atomic E-state index is 0.0816. The molecule has 0 radical (unpaired) electrons. The fraction of sp³-hybridized carbons (Fsp3) is 0.611. The molecule has 0 aromatic carbocycles. The van der Waals surface area contributed by atoms with Crippen LogP contribution < -0.4 is 4.90 Å². The lowest BCUT2D eigenvalue weighted by molar-refractivity contribution is -0.145. The van der Waals surface area contributed by atoms with Crippen LogP contribution in [-0.4, -0.2) is 77.6 Å². The number of anilines is 1. The Hall–Kier alpha value is -2.15. The number of likely N-dealkylation sites (tertiary alicyclic amines) is 1. The Morgan fingerprint density at radius 3 is 2.64 bits per heavy atom.